The molecule has 0 aliphatic carbocycles. The van der Waals surface area contributed by atoms with Crippen LogP contribution in [0.5, 0.6) is 0 Å². The molecule has 0 radical (unpaired) electrons. The summed E-state index contributed by atoms with van der Waals surface area (Å²) in [7, 11) is 2.16. The number of anilines is 1. The molecule has 0 saturated carbocycles. The number of hydrogen-bond donors (Lipinski definition) is 1. The molecule has 1 aliphatic heterocycles. The van der Waals surface area contributed by atoms with E-state index in [0.717, 1.165) is 48.8 Å². The van der Waals surface area contributed by atoms with Gasteiger partial charge in [0.15, 0.2) is 0 Å². The summed E-state index contributed by atoms with van der Waals surface area (Å²) >= 11 is 0. The Balaban J connectivity index is 1.80. The molecule has 1 aromatic heterocycles. The maximum Gasteiger partial charge on any atom is 0.128 e. The van der Waals surface area contributed by atoms with Crippen LogP contribution >= 0.6 is 0 Å². The summed E-state index contributed by atoms with van der Waals surface area (Å²) in [6.07, 6.45) is 0. The molecule has 0 bridgehead atoms. The predicted molar refractivity (Wildman–Crippen MR) is 91.2 cm³/mol. The highest BCUT2D eigenvalue weighted by molar-refractivity contribution is 5.44. The summed E-state index contributed by atoms with van der Waals surface area (Å²) in [5, 5.41) is 0. The average Bonchev–Trinajstić information content (AvgIpc) is 2.56. The number of hydrogen-bond acceptors (Lipinski definition) is 4. The highest BCUT2D eigenvalue weighted by Gasteiger charge is 2.17. The second kappa shape index (κ2) is 6.46. The number of aromatic nitrogens is 1. The molecule has 1 aliphatic rings. The zero-order chi connectivity index (χ0) is 15.5. The summed E-state index contributed by atoms with van der Waals surface area (Å²) in [6.45, 7) is 6.30. The first-order chi connectivity index (χ1) is 10.6. The number of pyridine rings is 1. The van der Waals surface area contributed by atoms with Crippen molar-refractivity contribution in [3.05, 3.63) is 59.3 Å². The van der Waals surface area contributed by atoms with E-state index in [1.807, 2.05) is 18.2 Å². The van der Waals surface area contributed by atoms with Gasteiger partial charge >= 0.3 is 0 Å². The van der Waals surface area contributed by atoms with Crippen LogP contribution in [0, 0.1) is 6.92 Å². The number of nitrogens with zero attached hydrogens (tertiary/aromatic N) is 3. The van der Waals surface area contributed by atoms with Crippen molar-refractivity contribution in [3.63, 3.8) is 0 Å². The fourth-order valence-corrected chi connectivity index (χ4v) is 2.94. The highest BCUT2D eigenvalue weighted by atomic mass is 15.3. The molecular formula is C18H24N4. The van der Waals surface area contributed by atoms with E-state index in [2.05, 4.69) is 48.0 Å². The fourth-order valence-electron chi connectivity index (χ4n) is 2.94. The van der Waals surface area contributed by atoms with Gasteiger partial charge in [-0.05, 0) is 31.2 Å². The van der Waals surface area contributed by atoms with Crippen LogP contribution in [0.1, 0.15) is 22.9 Å². The van der Waals surface area contributed by atoms with Crippen LogP contribution in [0.4, 0.5) is 5.82 Å². The minimum Gasteiger partial charge on any atom is -0.354 e. The van der Waals surface area contributed by atoms with Gasteiger partial charge in [-0.15, -0.1) is 0 Å². The maximum atomic E-state index is 6.40. The molecule has 2 N–H and O–H groups in total. The van der Waals surface area contributed by atoms with Crippen LogP contribution in [0.25, 0.3) is 0 Å². The van der Waals surface area contributed by atoms with Crippen LogP contribution in [-0.4, -0.2) is 43.1 Å². The highest BCUT2D eigenvalue weighted by Crippen LogP contribution is 2.24. The molecule has 4 nitrogen and oxygen atoms in total. The van der Waals surface area contributed by atoms with E-state index in [1.165, 1.54) is 0 Å². The van der Waals surface area contributed by atoms with Gasteiger partial charge in [-0.3, -0.25) is 0 Å². The smallest absolute Gasteiger partial charge is 0.128 e. The van der Waals surface area contributed by atoms with E-state index in [-0.39, 0.29) is 6.04 Å². The van der Waals surface area contributed by atoms with E-state index in [4.69, 9.17) is 10.7 Å². The number of rotatable bonds is 3. The second-order valence-electron chi connectivity index (χ2n) is 6.02. The van der Waals surface area contributed by atoms with E-state index in [9.17, 15) is 0 Å². The van der Waals surface area contributed by atoms with Gasteiger partial charge < -0.3 is 15.5 Å². The lowest BCUT2D eigenvalue weighted by molar-refractivity contribution is 0.312. The van der Waals surface area contributed by atoms with E-state index in [0.29, 0.717) is 0 Å². The zero-order valence-corrected chi connectivity index (χ0v) is 13.4. The van der Waals surface area contributed by atoms with Gasteiger partial charge in [-0.2, -0.15) is 0 Å². The van der Waals surface area contributed by atoms with Gasteiger partial charge in [-0.1, -0.05) is 36.4 Å². The Bertz CT molecular complexity index is 618. The molecule has 1 fully saturated rings. The Kier molecular flexibility index (Phi) is 4.41. The summed E-state index contributed by atoms with van der Waals surface area (Å²) in [5.74, 6) is 1.06. The number of aryl methyl sites for hydroxylation is 1. The molecule has 2 heterocycles. The number of benzene rings is 1. The molecular weight excluding hydrogens is 272 g/mol. The zero-order valence-electron chi connectivity index (χ0n) is 13.4. The van der Waals surface area contributed by atoms with Crippen LogP contribution in [0.15, 0.2) is 42.5 Å². The first-order valence-electron chi connectivity index (χ1n) is 7.86. The van der Waals surface area contributed by atoms with Crippen molar-refractivity contribution in [3.8, 4) is 0 Å². The van der Waals surface area contributed by atoms with Crippen molar-refractivity contribution < 1.29 is 0 Å². The normalized spacial score (nSPS) is 17.5. The van der Waals surface area contributed by atoms with Crippen LogP contribution in [0.2, 0.25) is 0 Å². The Hall–Kier alpha value is -1.91. The van der Waals surface area contributed by atoms with Crippen molar-refractivity contribution in [2.24, 2.45) is 5.73 Å². The van der Waals surface area contributed by atoms with Crippen LogP contribution in [0.3, 0.4) is 0 Å². The molecule has 1 atom stereocenters. The molecule has 0 unspecified atom stereocenters. The van der Waals surface area contributed by atoms with Gasteiger partial charge in [0, 0.05) is 31.9 Å². The quantitative estimate of drug-likeness (QED) is 0.943. The minimum atomic E-state index is -0.116. The third kappa shape index (κ3) is 3.13. The Morgan fingerprint density at radius 1 is 1.00 bits per heavy atom. The second-order valence-corrected chi connectivity index (χ2v) is 6.02. The van der Waals surface area contributed by atoms with Crippen molar-refractivity contribution in [1.29, 1.82) is 0 Å². The van der Waals surface area contributed by atoms with Crippen molar-refractivity contribution in [2.75, 3.05) is 38.1 Å². The standard InChI is InChI=1S/C18H24N4/c1-14-16(18(19)15-6-4-3-5-7-15)8-9-17(20-14)22-12-10-21(2)11-13-22/h3-9,18H,10-13,19H2,1-2H3/t18-/m1/s1. The number of nitrogens with two attached hydrogens (primary N) is 1. The summed E-state index contributed by atoms with van der Waals surface area (Å²) in [6, 6.07) is 14.3. The Morgan fingerprint density at radius 3 is 2.32 bits per heavy atom. The first kappa shape index (κ1) is 15.0. The SMILES string of the molecule is Cc1nc(N2CCN(C)CC2)ccc1[C@H](N)c1ccccc1. The van der Waals surface area contributed by atoms with E-state index in [1.54, 1.807) is 0 Å². The molecule has 0 amide bonds. The minimum absolute atomic E-state index is 0.116. The molecule has 22 heavy (non-hydrogen) atoms. The largest absolute Gasteiger partial charge is 0.354 e. The van der Waals surface area contributed by atoms with Crippen molar-refractivity contribution in [1.82, 2.24) is 9.88 Å². The van der Waals surface area contributed by atoms with Gasteiger partial charge in [0.25, 0.3) is 0 Å². The number of piperazine rings is 1. The molecule has 2 aromatic rings. The molecule has 3 rings (SSSR count). The summed E-state index contributed by atoms with van der Waals surface area (Å²) < 4.78 is 0. The van der Waals surface area contributed by atoms with Gasteiger partial charge in [0.1, 0.15) is 5.82 Å². The summed E-state index contributed by atoms with van der Waals surface area (Å²) in [5.41, 5.74) is 9.65. The first-order valence-corrected chi connectivity index (χ1v) is 7.86. The molecule has 1 aromatic carbocycles. The fraction of sp³-hybridized carbons (Fsp3) is 0.389. The lowest BCUT2D eigenvalue weighted by Gasteiger charge is -2.33. The Morgan fingerprint density at radius 2 is 1.68 bits per heavy atom. The lowest BCUT2D eigenvalue weighted by Crippen LogP contribution is -2.44. The third-order valence-electron chi connectivity index (χ3n) is 4.43. The van der Waals surface area contributed by atoms with Gasteiger partial charge in [0.05, 0.1) is 6.04 Å². The monoisotopic (exact) mass is 296 g/mol. The molecule has 0 spiro atoms. The summed E-state index contributed by atoms with van der Waals surface area (Å²) in [4.78, 5) is 9.50. The molecule has 116 valence electrons. The molecule has 1 saturated heterocycles. The van der Waals surface area contributed by atoms with Gasteiger partial charge in [-0.25, -0.2) is 4.98 Å². The topological polar surface area (TPSA) is 45.4 Å². The van der Waals surface area contributed by atoms with Crippen LogP contribution < -0.4 is 10.6 Å². The maximum absolute atomic E-state index is 6.40. The van der Waals surface area contributed by atoms with Crippen molar-refractivity contribution in [2.45, 2.75) is 13.0 Å². The van der Waals surface area contributed by atoms with Gasteiger partial charge in [0.2, 0.25) is 0 Å². The van der Waals surface area contributed by atoms with Crippen LogP contribution in [-0.2, 0) is 0 Å². The predicted octanol–water partition coefficient (Wildman–Crippen LogP) is 2.19. The molecule has 4 heteroatoms. The third-order valence-corrected chi connectivity index (χ3v) is 4.43. The lowest BCUT2D eigenvalue weighted by atomic mass is 9.98. The van der Waals surface area contributed by atoms with E-state index < -0.39 is 0 Å². The number of likely N-dealkylation sites (N-methyl/N-ethyl adjacent to an activating group) is 1. The van der Waals surface area contributed by atoms with E-state index >= 15 is 0 Å². The van der Waals surface area contributed by atoms with Crippen molar-refractivity contribution >= 4 is 5.82 Å². The Labute approximate surface area is 132 Å². The average molecular weight is 296 g/mol.